The van der Waals surface area contributed by atoms with Gasteiger partial charge < -0.3 is 14.9 Å². The van der Waals surface area contributed by atoms with E-state index in [-0.39, 0.29) is 5.75 Å². The van der Waals surface area contributed by atoms with Crippen LogP contribution in [0.2, 0.25) is 0 Å². The minimum atomic E-state index is -2.82. The Morgan fingerprint density at radius 1 is 1.11 bits per heavy atom. The van der Waals surface area contributed by atoms with Crippen molar-refractivity contribution in [3.63, 3.8) is 0 Å². The number of benzene rings is 1. The van der Waals surface area contributed by atoms with Gasteiger partial charge in [0.15, 0.2) is 0 Å². The van der Waals surface area contributed by atoms with E-state index in [0.717, 1.165) is 11.3 Å². The number of hydrogen-bond donors (Lipinski definition) is 1. The molecule has 0 bridgehead atoms. The van der Waals surface area contributed by atoms with Gasteiger partial charge in [-0.25, -0.2) is 0 Å². The van der Waals surface area contributed by atoms with Crippen LogP contribution in [0.1, 0.15) is 23.1 Å². The fourth-order valence-corrected chi connectivity index (χ4v) is 1.64. The van der Waals surface area contributed by atoms with Crippen LogP contribution in [0.5, 0.6) is 5.75 Å². The number of halogens is 2. The molecule has 0 aliphatic carbocycles. The zero-order chi connectivity index (χ0) is 13.1. The van der Waals surface area contributed by atoms with Crippen molar-refractivity contribution in [3.05, 3.63) is 53.5 Å². The fourth-order valence-electron chi connectivity index (χ4n) is 1.64. The zero-order valence-electron chi connectivity index (χ0n) is 9.77. The lowest BCUT2D eigenvalue weighted by Crippen LogP contribution is -2.11. The number of furan rings is 1. The van der Waals surface area contributed by atoms with Gasteiger partial charge in [-0.05, 0) is 36.8 Å². The Bertz CT molecular complexity index is 508. The molecular weight excluding hydrogens is 240 g/mol. The summed E-state index contributed by atoms with van der Waals surface area (Å²) in [7, 11) is 0. The predicted molar refractivity (Wildman–Crippen MR) is 62.5 cm³/mol. The Kier molecular flexibility index (Phi) is 3.62. The first-order chi connectivity index (χ1) is 8.56. The molecule has 0 fully saturated rings. The molecule has 1 atom stereocenters. The van der Waals surface area contributed by atoms with E-state index in [9.17, 15) is 8.78 Å². The molecule has 18 heavy (non-hydrogen) atoms. The summed E-state index contributed by atoms with van der Waals surface area (Å²) >= 11 is 0. The van der Waals surface area contributed by atoms with Crippen LogP contribution in [0.15, 0.2) is 40.8 Å². The average Bonchev–Trinajstić information content (AvgIpc) is 2.75. The van der Waals surface area contributed by atoms with Crippen molar-refractivity contribution in [2.24, 2.45) is 5.73 Å². The summed E-state index contributed by atoms with van der Waals surface area (Å²) in [6.07, 6.45) is 0. The van der Waals surface area contributed by atoms with E-state index in [1.807, 2.05) is 13.0 Å². The summed E-state index contributed by atoms with van der Waals surface area (Å²) in [5.41, 5.74) is 6.77. The summed E-state index contributed by atoms with van der Waals surface area (Å²) in [5, 5.41) is 0. The summed E-state index contributed by atoms with van der Waals surface area (Å²) in [4.78, 5) is 0. The van der Waals surface area contributed by atoms with E-state index in [4.69, 9.17) is 10.2 Å². The average molecular weight is 253 g/mol. The highest BCUT2D eigenvalue weighted by Crippen LogP contribution is 2.24. The molecule has 2 aromatic rings. The Labute approximate surface area is 103 Å². The molecule has 2 rings (SSSR count). The monoisotopic (exact) mass is 253 g/mol. The van der Waals surface area contributed by atoms with E-state index in [1.54, 1.807) is 18.2 Å². The molecule has 0 saturated carbocycles. The summed E-state index contributed by atoms with van der Waals surface area (Å²) < 4.78 is 33.7. The van der Waals surface area contributed by atoms with Crippen LogP contribution >= 0.6 is 0 Å². The Hall–Kier alpha value is -1.88. The third-order valence-electron chi connectivity index (χ3n) is 2.53. The molecule has 0 radical (unpaired) electrons. The number of rotatable bonds is 4. The number of alkyl halides is 2. The molecule has 0 spiro atoms. The molecule has 0 saturated heterocycles. The first kappa shape index (κ1) is 12.6. The van der Waals surface area contributed by atoms with E-state index in [1.165, 1.54) is 12.1 Å². The second kappa shape index (κ2) is 5.18. The van der Waals surface area contributed by atoms with Crippen LogP contribution < -0.4 is 10.5 Å². The molecule has 0 amide bonds. The maximum atomic E-state index is 12.0. The van der Waals surface area contributed by atoms with Crippen molar-refractivity contribution in [1.82, 2.24) is 0 Å². The SMILES string of the molecule is Cc1ccc(C(N)c2ccc(OC(F)F)cc2)o1. The maximum Gasteiger partial charge on any atom is 0.387 e. The maximum absolute atomic E-state index is 12.0. The minimum absolute atomic E-state index is 0.108. The smallest absolute Gasteiger partial charge is 0.387 e. The number of aryl methyl sites for hydroxylation is 1. The molecule has 96 valence electrons. The second-order valence-corrected chi connectivity index (χ2v) is 3.87. The molecule has 0 aliphatic heterocycles. The first-order valence-electron chi connectivity index (χ1n) is 5.43. The Morgan fingerprint density at radius 3 is 2.28 bits per heavy atom. The van der Waals surface area contributed by atoms with E-state index < -0.39 is 12.7 Å². The van der Waals surface area contributed by atoms with E-state index in [2.05, 4.69) is 4.74 Å². The Morgan fingerprint density at radius 2 is 1.78 bits per heavy atom. The minimum Gasteiger partial charge on any atom is -0.464 e. The largest absolute Gasteiger partial charge is 0.464 e. The molecular formula is C13H13F2NO2. The number of hydrogen-bond acceptors (Lipinski definition) is 3. The Balaban J connectivity index is 2.14. The van der Waals surface area contributed by atoms with Gasteiger partial charge in [0.05, 0.1) is 6.04 Å². The van der Waals surface area contributed by atoms with Crippen LogP contribution in [0.4, 0.5) is 8.78 Å². The van der Waals surface area contributed by atoms with Crippen LogP contribution in [-0.4, -0.2) is 6.61 Å². The highest BCUT2D eigenvalue weighted by molar-refractivity contribution is 5.32. The van der Waals surface area contributed by atoms with Gasteiger partial charge in [0.2, 0.25) is 0 Å². The molecule has 1 aromatic heterocycles. The van der Waals surface area contributed by atoms with Crippen LogP contribution in [-0.2, 0) is 0 Å². The van der Waals surface area contributed by atoms with Gasteiger partial charge in [-0.2, -0.15) is 8.78 Å². The molecule has 2 N–H and O–H groups in total. The third kappa shape index (κ3) is 2.87. The predicted octanol–water partition coefficient (Wildman–Crippen LogP) is 3.24. The molecule has 1 heterocycles. The van der Waals surface area contributed by atoms with Crippen molar-refractivity contribution >= 4 is 0 Å². The highest BCUT2D eigenvalue weighted by Gasteiger charge is 2.13. The van der Waals surface area contributed by atoms with Gasteiger partial charge >= 0.3 is 6.61 Å². The number of ether oxygens (including phenoxy) is 1. The third-order valence-corrected chi connectivity index (χ3v) is 2.53. The molecule has 1 unspecified atom stereocenters. The molecule has 3 nitrogen and oxygen atoms in total. The normalized spacial score (nSPS) is 12.7. The van der Waals surface area contributed by atoms with Gasteiger partial charge in [-0.3, -0.25) is 0 Å². The fraction of sp³-hybridized carbons (Fsp3) is 0.231. The molecule has 5 heteroatoms. The quantitative estimate of drug-likeness (QED) is 0.909. The second-order valence-electron chi connectivity index (χ2n) is 3.87. The van der Waals surface area contributed by atoms with Crippen molar-refractivity contribution in [1.29, 1.82) is 0 Å². The van der Waals surface area contributed by atoms with Crippen molar-refractivity contribution in [2.75, 3.05) is 0 Å². The van der Waals surface area contributed by atoms with Crippen LogP contribution in [0.3, 0.4) is 0 Å². The van der Waals surface area contributed by atoms with E-state index in [0.29, 0.717) is 5.76 Å². The van der Waals surface area contributed by atoms with Crippen molar-refractivity contribution in [3.8, 4) is 5.75 Å². The van der Waals surface area contributed by atoms with Gasteiger partial charge in [0, 0.05) is 0 Å². The lowest BCUT2D eigenvalue weighted by Gasteiger charge is -2.10. The van der Waals surface area contributed by atoms with Crippen molar-refractivity contribution < 1.29 is 17.9 Å². The zero-order valence-corrected chi connectivity index (χ0v) is 9.77. The van der Waals surface area contributed by atoms with Crippen LogP contribution in [0.25, 0.3) is 0 Å². The lowest BCUT2D eigenvalue weighted by atomic mass is 10.1. The van der Waals surface area contributed by atoms with Gasteiger partial charge in [0.25, 0.3) is 0 Å². The van der Waals surface area contributed by atoms with Crippen molar-refractivity contribution in [2.45, 2.75) is 19.6 Å². The summed E-state index contributed by atoms with van der Waals surface area (Å²) in [6, 6.07) is 9.39. The first-order valence-corrected chi connectivity index (χ1v) is 5.43. The summed E-state index contributed by atoms with van der Waals surface area (Å²) in [6.45, 7) is -0.993. The van der Waals surface area contributed by atoms with E-state index >= 15 is 0 Å². The topological polar surface area (TPSA) is 48.4 Å². The van der Waals surface area contributed by atoms with Gasteiger partial charge in [-0.1, -0.05) is 12.1 Å². The summed E-state index contributed by atoms with van der Waals surface area (Å²) in [5.74, 6) is 1.52. The lowest BCUT2D eigenvalue weighted by molar-refractivity contribution is -0.0498. The molecule has 0 aliphatic rings. The highest BCUT2D eigenvalue weighted by atomic mass is 19.3. The van der Waals surface area contributed by atoms with Crippen LogP contribution in [0, 0.1) is 6.92 Å². The number of nitrogens with two attached hydrogens (primary N) is 1. The standard InChI is InChI=1S/C13H13F2NO2/c1-8-2-7-11(17-8)12(16)9-3-5-10(6-4-9)18-13(14)15/h2-7,12-13H,16H2,1H3. The van der Waals surface area contributed by atoms with Gasteiger partial charge in [0.1, 0.15) is 17.3 Å². The van der Waals surface area contributed by atoms with Gasteiger partial charge in [-0.15, -0.1) is 0 Å². The molecule has 1 aromatic carbocycles.